The van der Waals surface area contributed by atoms with Crippen molar-refractivity contribution >= 4 is 34.8 Å². The Balaban J connectivity index is 2.46. The lowest BCUT2D eigenvalue weighted by molar-refractivity contribution is -0.173. The maximum atomic E-state index is 13.5. The minimum atomic E-state index is -5.04. The van der Waals surface area contributed by atoms with E-state index in [-0.39, 0.29) is 16.8 Å². The summed E-state index contributed by atoms with van der Waals surface area (Å²) in [5.74, 6) is -3.51. The van der Waals surface area contributed by atoms with Gasteiger partial charge in [-0.2, -0.15) is 13.2 Å². The van der Waals surface area contributed by atoms with Crippen molar-refractivity contribution in [2.45, 2.75) is 31.6 Å². The van der Waals surface area contributed by atoms with E-state index in [9.17, 15) is 27.6 Å². The average Bonchev–Trinajstić information content (AvgIpc) is 2.75. The minimum Gasteiger partial charge on any atom is -0.368 e. The number of nitrogens with zero attached hydrogens (tertiary/aromatic N) is 1. The summed E-state index contributed by atoms with van der Waals surface area (Å²) in [6, 6.07) is 14.2. The molecule has 2 aromatic rings. The summed E-state index contributed by atoms with van der Waals surface area (Å²) in [5, 5.41) is 1.77. The number of carbonyl (C=O) groups excluding carboxylic acids is 3. The van der Waals surface area contributed by atoms with Gasteiger partial charge in [0.25, 0.3) is 5.91 Å². The van der Waals surface area contributed by atoms with Gasteiger partial charge in [0.1, 0.15) is 6.04 Å². The van der Waals surface area contributed by atoms with E-state index in [0.29, 0.717) is 5.56 Å². The highest BCUT2D eigenvalue weighted by Crippen LogP contribution is 2.27. The SMILES string of the molecule is CC(=S)C(CCNC(=O)C(F)(F)F)N(C(=O)c1ccccc1)C(C(N)=O)c1ccccc1. The van der Waals surface area contributed by atoms with Crippen molar-refractivity contribution < 1.29 is 27.6 Å². The number of alkyl halides is 3. The summed E-state index contributed by atoms with van der Waals surface area (Å²) in [7, 11) is 0. The second-order valence-corrected chi connectivity index (χ2v) is 7.61. The van der Waals surface area contributed by atoms with Crippen LogP contribution in [0.2, 0.25) is 0 Å². The molecule has 10 heteroatoms. The highest BCUT2D eigenvalue weighted by molar-refractivity contribution is 7.80. The van der Waals surface area contributed by atoms with Crippen LogP contribution in [0.15, 0.2) is 60.7 Å². The second-order valence-electron chi connectivity index (χ2n) is 6.96. The fourth-order valence-corrected chi connectivity index (χ4v) is 3.46. The van der Waals surface area contributed by atoms with E-state index in [2.05, 4.69) is 0 Å². The van der Waals surface area contributed by atoms with Gasteiger partial charge in [-0.15, -0.1) is 0 Å². The standard InChI is InChI=1S/C22H22F3N3O3S/c1-14(32)17(12-13-27-21(31)22(23,24)25)28(20(30)16-10-6-3-7-11-16)18(19(26)29)15-8-4-2-5-9-15/h2-11,17-18H,12-13H2,1H3,(H2,26,29)(H,27,31). The molecule has 0 heterocycles. The lowest BCUT2D eigenvalue weighted by Gasteiger charge is -2.37. The van der Waals surface area contributed by atoms with Crippen molar-refractivity contribution in [2.75, 3.05) is 6.54 Å². The lowest BCUT2D eigenvalue weighted by Crippen LogP contribution is -2.51. The smallest absolute Gasteiger partial charge is 0.368 e. The van der Waals surface area contributed by atoms with Crippen molar-refractivity contribution in [3.63, 3.8) is 0 Å². The zero-order valence-electron chi connectivity index (χ0n) is 17.1. The topological polar surface area (TPSA) is 92.5 Å². The number of primary amides is 1. The third-order valence-electron chi connectivity index (χ3n) is 4.68. The van der Waals surface area contributed by atoms with Gasteiger partial charge in [-0.1, -0.05) is 60.7 Å². The van der Waals surface area contributed by atoms with E-state index in [1.165, 1.54) is 11.8 Å². The normalized spacial score (nSPS) is 13.0. The molecule has 3 N–H and O–H groups in total. The van der Waals surface area contributed by atoms with Crippen molar-refractivity contribution in [1.29, 1.82) is 0 Å². The first-order chi connectivity index (χ1) is 15.0. The highest BCUT2D eigenvalue weighted by atomic mass is 32.1. The molecule has 0 saturated heterocycles. The molecule has 2 atom stereocenters. The van der Waals surface area contributed by atoms with E-state index in [4.69, 9.17) is 18.0 Å². The van der Waals surface area contributed by atoms with Gasteiger partial charge in [0.05, 0.1) is 6.04 Å². The van der Waals surface area contributed by atoms with Crippen LogP contribution < -0.4 is 11.1 Å². The number of hydrogen-bond donors (Lipinski definition) is 2. The summed E-state index contributed by atoms with van der Waals surface area (Å²) >= 11 is 5.29. The van der Waals surface area contributed by atoms with E-state index in [0.717, 1.165) is 0 Å². The van der Waals surface area contributed by atoms with Gasteiger partial charge in [-0.05, 0) is 31.0 Å². The summed E-state index contributed by atoms with van der Waals surface area (Å²) in [6.07, 6.45) is -5.19. The van der Waals surface area contributed by atoms with Gasteiger partial charge in [0.15, 0.2) is 0 Å². The maximum Gasteiger partial charge on any atom is 0.471 e. The van der Waals surface area contributed by atoms with Crippen molar-refractivity contribution in [2.24, 2.45) is 5.73 Å². The van der Waals surface area contributed by atoms with Crippen LogP contribution >= 0.6 is 12.2 Å². The molecule has 0 aliphatic rings. The maximum absolute atomic E-state index is 13.5. The third kappa shape index (κ3) is 6.36. The zero-order chi connectivity index (χ0) is 23.9. The van der Waals surface area contributed by atoms with Gasteiger partial charge in [0.2, 0.25) is 5.91 Å². The Labute approximate surface area is 188 Å². The zero-order valence-corrected chi connectivity index (χ0v) is 18.0. The molecule has 2 unspecified atom stereocenters. The lowest BCUT2D eigenvalue weighted by atomic mass is 9.98. The quantitative estimate of drug-likeness (QED) is 0.557. The molecule has 0 bridgehead atoms. The van der Waals surface area contributed by atoms with Crippen molar-refractivity contribution in [3.05, 3.63) is 71.8 Å². The largest absolute Gasteiger partial charge is 0.471 e. The van der Waals surface area contributed by atoms with Crippen LogP contribution in [0.5, 0.6) is 0 Å². The summed E-state index contributed by atoms with van der Waals surface area (Å²) in [4.78, 5) is 38.5. The Kier molecular flexibility index (Phi) is 8.48. The predicted octanol–water partition coefficient (Wildman–Crippen LogP) is 3.18. The third-order valence-corrected chi connectivity index (χ3v) is 4.96. The first kappa shape index (κ1) is 25.0. The van der Waals surface area contributed by atoms with Crippen LogP contribution in [-0.2, 0) is 9.59 Å². The number of hydrogen-bond acceptors (Lipinski definition) is 4. The monoisotopic (exact) mass is 465 g/mol. The number of nitrogens with one attached hydrogen (secondary N) is 1. The van der Waals surface area contributed by atoms with Crippen LogP contribution in [0.1, 0.15) is 35.3 Å². The Hall–Kier alpha value is -3.27. The van der Waals surface area contributed by atoms with Gasteiger partial charge in [0, 0.05) is 17.0 Å². The predicted molar refractivity (Wildman–Crippen MR) is 117 cm³/mol. The highest BCUT2D eigenvalue weighted by Gasteiger charge is 2.39. The number of rotatable bonds is 9. The molecular weight excluding hydrogens is 443 g/mol. The Bertz CT molecular complexity index is 969. The van der Waals surface area contributed by atoms with Gasteiger partial charge in [-0.3, -0.25) is 14.4 Å². The van der Waals surface area contributed by atoms with Crippen molar-refractivity contribution in [1.82, 2.24) is 10.2 Å². The Morgan fingerprint density at radius 1 is 1.03 bits per heavy atom. The minimum absolute atomic E-state index is 0.146. The average molecular weight is 465 g/mol. The molecule has 3 amide bonds. The van der Waals surface area contributed by atoms with E-state index < -0.39 is 42.5 Å². The van der Waals surface area contributed by atoms with E-state index in [1.54, 1.807) is 66.0 Å². The summed E-state index contributed by atoms with van der Waals surface area (Å²) in [6.45, 7) is 1.09. The van der Waals surface area contributed by atoms with Gasteiger partial charge in [-0.25, -0.2) is 0 Å². The first-order valence-electron chi connectivity index (χ1n) is 9.61. The molecule has 0 radical (unpaired) electrons. The van der Waals surface area contributed by atoms with Crippen LogP contribution in [0.3, 0.4) is 0 Å². The fourth-order valence-electron chi connectivity index (χ4n) is 3.23. The van der Waals surface area contributed by atoms with E-state index in [1.807, 2.05) is 0 Å². The van der Waals surface area contributed by atoms with Crippen LogP contribution in [0.25, 0.3) is 0 Å². The molecule has 0 spiro atoms. The molecule has 0 aliphatic carbocycles. The number of carbonyl (C=O) groups is 3. The number of nitrogens with two attached hydrogens (primary N) is 1. The molecule has 0 fully saturated rings. The molecule has 32 heavy (non-hydrogen) atoms. The molecule has 0 saturated carbocycles. The summed E-state index contributed by atoms with van der Waals surface area (Å²) in [5.41, 5.74) is 6.33. The number of thiocarbonyl (C=S) groups is 1. The molecule has 0 aliphatic heterocycles. The van der Waals surface area contributed by atoms with Crippen molar-refractivity contribution in [3.8, 4) is 0 Å². The number of benzene rings is 2. The second kappa shape index (κ2) is 10.9. The van der Waals surface area contributed by atoms with Gasteiger partial charge >= 0.3 is 12.1 Å². The molecule has 2 aromatic carbocycles. The Morgan fingerprint density at radius 2 is 1.56 bits per heavy atom. The number of halogens is 3. The van der Waals surface area contributed by atoms with Gasteiger partial charge < -0.3 is 16.0 Å². The Morgan fingerprint density at radius 3 is 2.03 bits per heavy atom. The summed E-state index contributed by atoms with van der Waals surface area (Å²) < 4.78 is 37.6. The van der Waals surface area contributed by atoms with Crippen LogP contribution in [0.4, 0.5) is 13.2 Å². The van der Waals surface area contributed by atoms with Crippen LogP contribution in [-0.4, -0.2) is 46.2 Å². The molecule has 0 aromatic heterocycles. The molecule has 170 valence electrons. The molecule has 6 nitrogen and oxygen atoms in total. The first-order valence-corrected chi connectivity index (χ1v) is 10.0. The molecular formula is C22H22F3N3O3S. The van der Waals surface area contributed by atoms with E-state index >= 15 is 0 Å². The number of amides is 3. The van der Waals surface area contributed by atoms with Crippen LogP contribution in [0, 0.1) is 0 Å². The fraction of sp³-hybridized carbons (Fsp3) is 0.273. The molecule has 2 rings (SSSR count).